The molecule has 2 rings (SSSR count). The molecule has 5 heteroatoms. The quantitative estimate of drug-likeness (QED) is 0.631. The summed E-state index contributed by atoms with van der Waals surface area (Å²) in [5.74, 6) is 0.477. The van der Waals surface area contributed by atoms with Crippen LogP contribution in [-0.4, -0.2) is 42.8 Å². The third-order valence-corrected chi connectivity index (χ3v) is 3.46. The Morgan fingerprint density at radius 3 is 2.82 bits per heavy atom. The predicted octanol–water partition coefficient (Wildman–Crippen LogP) is 2.95. The number of likely N-dealkylation sites (N-methyl/N-ethyl adjacent to an activating group) is 1. The number of aromatic nitrogens is 1. The number of hydrogen-bond donors (Lipinski definition) is 1. The van der Waals surface area contributed by atoms with Crippen LogP contribution in [0, 0.1) is 0 Å². The largest absolute Gasteiger partial charge is 0.454 e. The van der Waals surface area contributed by atoms with E-state index in [9.17, 15) is 4.79 Å². The number of esters is 1. The standard InChI is InChI=1S/C17H24N2O3/c1-5-16(20)22-12(2)21-15-8-6-7-14-17(15)13(11-18-14)9-10-19(3)4/h6-8,11-12,18H,5,9-10H2,1-4H3. The van der Waals surface area contributed by atoms with Gasteiger partial charge in [0.2, 0.25) is 6.29 Å². The van der Waals surface area contributed by atoms with Gasteiger partial charge in [-0.1, -0.05) is 13.0 Å². The second-order valence-corrected chi connectivity index (χ2v) is 5.57. The Bertz CT molecular complexity index is 634. The fraction of sp³-hybridized carbons (Fsp3) is 0.471. The van der Waals surface area contributed by atoms with Gasteiger partial charge in [0.05, 0.1) is 0 Å². The average Bonchev–Trinajstić information content (AvgIpc) is 2.89. The zero-order valence-electron chi connectivity index (χ0n) is 13.7. The molecule has 120 valence electrons. The Kier molecular flexibility index (Phi) is 5.44. The van der Waals surface area contributed by atoms with Gasteiger partial charge in [-0.3, -0.25) is 4.79 Å². The van der Waals surface area contributed by atoms with E-state index in [1.165, 1.54) is 5.56 Å². The normalized spacial score (nSPS) is 12.6. The van der Waals surface area contributed by atoms with Crippen molar-refractivity contribution in [2.24, 2.45) is 0 Å². The fourth-order valence-electron chi connectivity index (χ4n) is 2.33. The molecule has 1 heterocycles. The van der Waals surface area contributed by atoms with Crippen LogP contribution in [0.4, 0.5) is 0 Å². The van der Waals surface area contributed by atoms with Gasteiger partial charge in [-0.15, -0.1) is 0 Å². The van der Waals surface area contributed by atoms with Crippen molar-refractivity contribution in [2.45, 2.75) is 33.0 Å². The van der Waals surface area contributed by atoms with Crippen LogP contribution in [0.3, 0.4) is 0 Å². The molecular formula is C17H24N2O3. The monoisotopic (exact) mass is 304 g/mol. The van der Waals surface area contributed by atoms with Crippen molar-refractivity contribution in [1.82, 2.24) is 9.88 Å². The highest BCUT2D eigenvalue weighted by Crippen LogP contribution is 2.30. The number of hydrogen-bond acceptors (Lipinski definition) is 4. The van der Waals surface area contributed by atoms with E-state index in [1.807, 2.05) is 24.4 Å². The summed E-state index contributed by atoms with van der Waals surface area (Å²) >= 11 is 0. The van der Waals surface area contributed by atoms with Crippen LogP contribution in [0.2, 0.25) is 0 Å². The maximum atomic E-state index is 11.4. The maximum Gasteiger partial charge on any atom is 0.308 e. The summed E-state index contributed by atoms with van der Waals surface area (Å²) in [4.78, 5) is 16.8. The Balaban J connectivity index is 2.21. The molecule has 0 aliphatic rings. The van der Waals surface area contributed by atoms with E-state index in [0.717, 1.165) is 29.6 Å². The first-order valence-electron chi connectivity index (χ1n) is 7.61. The summed E-state index contributed by atoms with van der Waals surface area (Å²) in [5.41, 5.74) is 2.23. The molecule has 0 fully saturated rings. The van der Waals surface area contributed by atoms with E-state index < -0.39 is 6.29 Å². The number of ether oxygens (including phenoxy) is 2. The number of nitrogens with zero attached hydrogens (tertiary/aromatic N) is 1. The lowest BCUT2D eigenvalue weighted by Gasteiger charge is -2.16. The smallest absolute Gasteiger partial charge is 0.308 e. The second-order valence-electron chi connectivity index (χ2n) is 5.57. The number of carbonyl (C=O) groups is 1. The molecule has 0 saturated carbocycles. The average molecular weight is 304 g/mol. The van der Waals surface area contributed by atoms with Crippen LogP contribution in [0.15, 0.2) is 24.4 Å². The zero-order chi connectivity index (χ0) is 16.1. The molecule has 0 bridgehead atoms. The summed E-state index contributed by atoms with van der Waals surface area (Å²) in [6.07, 6.45) is 2.69. The molecule has 22 heavy (non-hydrogen) atoms. The summed E-state index contributed by atoms with van der Waals surface area (Å²) < 4.78 is 11.0. The summed E-state index contributed by atoms with van der Waals surface area (Å²) in [6.45, 7) is 4.46. The van der Waals surface area contributed by atoms with Gasteiger partial charge in [-0.25, -0.2) is 0 Å². The molecule has 1 atom stereocenters. The molecule has 0 amide bonds. The summed E-state index contributed by atoms with van der Waals surface area (Å²) in [6, 6.07) is 5.86. The van der Waals surface area contributed by atoms with Gasteiger partial charge < -0.3 is 19.4 Å². The van der Waals surface area contributed by atoms with E-state index in [-0.39, 0.29) is 5.97 Å². The molecule has 0 radical (unpaired) electrons. The number of nitrogens with one attached hydrogen (secondary N) is 1. The van der Waals surface area contributed by atoms with Gasteiger partial charge in [-0.05, 0) is 38.2 Å². The van der Waals surface area contributed by atoms with Crippen molar-refractivity contribution in [1.29, 1.82) is 0 Å². The molecule has 1 N–H and O–H groups in total. The highest BCUT2D eigenvalue weighted by molar-refractivity contribution is 5.89. The van der Waals surface area contributed by atoms with E-state index >= 15 is 0 Å². The minimum absolute atomic E-state index is 0.262. The first-order valence-corrected chi connectivity index (χ1v) is 7.61. The lowest BCUT2D eigenvalue weighted by Crippen LogP contribution is -2.20. The van der Waals surface area contributed by atoms with E-state index in [4.69, 9.17) is 9.47 Å². The molecule has 1 unspecified atom stereocenters. The van der Waals surface area contributed by atoms with E-state index in [2.05, 4.69) is 24.0 Å². The van der Waals surface area contributed by atoms with Crippen molar-refractivity contribution < 1.29 is 14.3 Å². The van der Waals surface area contributed by atoms with Crippen LogP contribution in [0.1, 0.15) is 25.8 Å². The Hall–Kier alpha value is -2.01. The maximum absolute atomic E-state index is 11.4. The zero-order valence-corrected chi connectivity index (χ0v) is 13.7. The Morgan fingerprint density at radius 1 is 1.36 bits per heavy atom. The van der Waals surface area contributed by atoms with Gasteiger partial charge in [0.25, 0.3) is 0 Å². The van der Waals surface area contributed by atoms with Crippen LogP contribution < -0.4 is 4.74 Å². The van der Waals surface area contributed by atoms with Crippen LogP contribution in [0.25, 0.3) is 10.9 Å². The number of fused-ring (bicyclic) bond motifs is 1. The van der Waals surface area contributed by atoms with Crippen molar-refractivity contribution in [3.63, 3.8) is 0 Å². The molecule has 0 aliphatic carbocycles. The summed E-state index contributed by atoms with van der Waals surface area (Å²) in [7, 11) is 4.11. The number of rotatable bonds is 7. The highest BCUT2D eigenvalue weighted by atomic mass is 16.7. The number of H-pyrrole nitrogens is 1. The van der Waals surface area contributed by atoms with Gasteiger partial charge >= 0.3 is 5.97 Å². The highest BCUT2D eigenvalue weighted by Gasteiger charge is 2.14. The van der Waals surface area contributed by atoms with Gasteiger partial charge in [0.1, 0.15) is 5.75 Å². The molecule has 0 saturated heterocycles. The minimum Gasteiger partial charge on any atom is -0.454 e. The molecule has 0 spiro atoms. The fourth-order valence-corrected chi connectivity index (χ4v) is 2.33. The molecule has 1 aromatic carbocycles. The van der Waals surface area contributed by atoms with Crippen LogP contribution in [-0.2, 0) is 16.0 Å². The Morgan fingerprint density at radius 2 is 2.14 bits per heavy atom. The predicted molar refractivity (Wildman–Crippen MR) is 87.0 cm³/mol. The van der Waals surface area contributed by atoms with E-state index in [0.29, 0.717) is 6.42 Å². The number of benzene rings is 1. The topological polar surface area (TPSA) is 54.6 Å². The second kappa shape index (κ2) is 7.31. The van der Waals surface area contributed by atoms with Crippen molar-refractivity contribution in [3.8, 4) is 5.75 Å². The van der Waals surface area contributed by atoms with Gasteiger partial charge in [0, 0.05) is 37.0 Å². The van der Waals surface area contributed by atoms with Crippen LogP contribution in [0.5, 0.6) is 5.75 Å². The lowest BCUT2D eigenvalue weighted by atomic mass is 10.1. The third kappa shape index (κ3) is 4.01. The van der Waals surface area contributed by atoms with Gasteiger partial charge in [-0.2, -0.15) is 0 Å². The van der Waals surface area contributed by atoms with E-state index in [1.54, 1.807) is 13.8 Å². The van der Waals surface area contributed by atoms with Gasteiger partial charge in [0.15, 0.2) is 0 Å². The first kappa shape index (κ1) is 16.4. The third-order valence-electron chi connectivity index (χ3n) is 3.46. The van der Waals surface area contributed by atoms with Crippen molar-refractivity contribution in [3.05, 3.63) is 30.0 Å². The molecule has 2 aromatic rings. The summed E-state index contributed by atoms with van der Waals surface area (Å²) in [5, 5.41) is 1.06. The SMILES string of the molecule is CCC(=O)OC(C)Oc1cccc2[nH]cc(CCN(C)C)c12. The minimum atomic E-state index is -0.602. The molecule has 1 aromatic heterocycles. The number of aromatic amines is 1. The Labute approximate surface area is 131 Å². The van der Waals surface area contributed by atoms with Crippen molar-refractivity contribution >= 4 is 16.9 Å². The molecule has 5 nitrogen and oxygen atoms in total. The molecular weight excluding hydrogens is 280 g/mol. The van der Waals surface area contributed by atoms with Crippen molar-refractivity contribution in [2.75, 3.05) is 20.6 Å². The van der Waals surface area contributed by atoms with Crippen LogP contribution >= 0.6 is 0 Å². The first-order chi connectivity index (χ1) is 10.5. The number of carbonyl (C=O) groups excluding carboxylic acids is 1. The molecule has 0 aliphatic heterocycles. The lowest BCUT2D eigenvalue weighted by molar-refractivity contribution is -0.160.